The minimum Gasteiger partial charge on any atom is -0.370 e. The molecule has 9 N–H and O–H groups in total. The first-order valence-corrected chi connectivity index (χ1v) is 14.0. The van der Waals surface area contributed by atoms with E-state index in [9.17, 15) is 24.4 Å². The Labute approximate surface area is 241 Å². The van der Waals surface area contributed by atoms with Crippen LogP contribution in [-0.2, 0) is 25.6 Å². The topological polar surface area (TPSA) is 222 Å². The number of hydrogen-bond donors (Lipinski definition) is 6. The molecule has 1 unspecified atom stereocenters. The van der Waals surface area contributed by atoms with Gasteiger partial charge in [0.15, 0.2) is 5.96 Å². The molecule has 1 aliphatic heterocycles. The molecule has 1 saturated heterocycles. The van der Waals surface area contributed by atoms with E-state index in [1.165, 1.54) is 11.8 Å². The molecule has 0 spiro atoms. The van der Waals surface area contributed by atoms with Gasteiger partial charge in [0.2, 0.25) is 23.6 Å². The highest BCUT2D eigenvalue weighted by Crippen LogP contribution is 2.19. The van der Waals surface area contributed by atoms with Gasteiger partial charge in [0.05, 0.1) is 6.07 Å². The third-order valence-corrected chi connectivity index (χ3v) is 6.80. The number of nitrogens with zero attached hydrogens (tertiary/aromatic N) is 3. The smallest absolute Gasteiger partial charge is 0.246 e. The average molecular weight is 570 g/mol. The Kier molecular flexibility index (Phi) is 14.1. The Morgan fingerprint density at radius 2 is 1.66 bits per heavy atom. The van der Waals surface area contributed by atoms with Crippen LogP contribution in [0.3, 0.4) is 0 Å². The minimum absolute atomic E-state index is 0.0770. The molecule has 1 heterocycles. The van der Waals surface area contributed by atoms with Crippen LogP contribution in [0.15, 0.2) is 35.3 Å². The van der Waals surface area contributed by atoms with E-state index >= 15 is 0 Å². The second kappa shape index (κ2) is 17.5. The highest BCUT2D eigenvalue weighted by Gasteiger charge is 2.35. The number of unbranched alkanes of at least 4 members (excludes halogenated alkanes) is 1. The van der Waals surface area contributed by atoms with Gasteiger partial charge in [-0.05, 0) is 57.1 Å². The van der Waals surface area contributed by atoms with Crippen molar-refractivity contribution in [3.8, 4) is 6.07 Å². The second-order valence-corrected chi connectivity index (χ2v) is 10.1. The maximum Gasteiger partial charge on any atom is 0.246 e. The van der Waals surface area contributed by atoms with E-state index in [0.717, 1.165) is 5.56 Å². The number of aliphatic imine (C=N–C) groups is 1. The largest absolute Gasteiger partial charge is 0.370 e. The summed E-state index contributed by atoms with van der Waals surface area (Å²) in [5.74, 6) is -1.88. The highest BCUT2D eigenvalue weighted by molar-refractivity contribution is 5.94. The maximum absolute atomic E-state index is 13.7. The number of guanidine groups is 1. The number of amides is 4. The minimum atomic E-state index is -1.03. The molecule has 0 saturated carbocycles. The zero-order valence-corrected chi connectivity index (χ0v) is 23.7. The van der Waals surface area contributed by atoms with E-state index in [4.69, 9.17) is 17.2 Å². The van der Waals surface area contributed by atoms with Crippen LogP contribution < -0.4 is 33.2 Å². The summed E-state index contributed by atoms with van der Waals surface area (Å²) >= 11 is 0. The third-order valence-electron chi connectivity index (χ3n) is 6.80. The number of likely N-dealkylation sites (tertiary alicyclic amines) is 1. The molecule has 41 heavy (non-hydrogen) atoms. The van der Waals surface area contributed by atoms with Crippen LogP contribution in [0, 0.1) is 11.3 Å². The Bertz CT molecular complexity index is 1090. The quantitative estimate of drug-likeness (QED) is 0.0854. The molecule has 4 atom stereocenters. The summed E-state index contributed by atoms with van der Waals surface area (Å²) in [5, 5.41) is 17.8. The first kappa shape index (κ1) is 33.0. The number of carbonyl (C=O) groups excluding carboxylic acids is 4. The van der Waals surface area contributed by atoms with Crippen molar-refractivity contribution in [1.29, 1.82) is 5.26 Å². The van der Waals surface area contributed by atoms with Gasteiger partial charge in [-0.25, -0.2) is 0 Å². The summed E-state index contributed by atoms with van der Waals surface area (Å²) in [6, 6.07) is 7.92. The molecule has 2 rings (SSSR count). The van der Waals surface area contributed by atoms with Gasteiger partial charge in [0, 0.05) is 26.4 Å². The van der Waals surface area contributed by atoms with Gasteiger partial charge in [-0.3, -0.25) is 24.2 Å². The van der Waals surface area contributed by atoms with Gasteiger partial charge in [0.25, 0.3) is 0 Å². The summed E-state index contributed by atoms with van der Waals surface area (Å²) in [4.78, 5) is 57.7. The van der Waals surface area contributed by atoms with E-state index in [1.807, 2.05) is 30.3 Å². The number of rotatable bonds is 16. The van der Waals surface area contributed by atoms with Crippen molar-refractivity contribution >= 4 is 29.6 Å². The summed E-state index contributed by atoms with van der Waals surface area (Å²) < 4.78 is 0. The Morgan fingerprint density at radius 3 is 2.29 bits per heavy atom. The SMILES string of the molecule is CC(=O)N[C@@H](CCCCN)C(=O)N[C@@H](Cc1ccccc1)C(=O)N[C@@H](CCCN=C(N)N)C(=O)N1CCCC1C#N. The fraction of sp³-hybridized carbons (Fsp3) is 0.571. The predicted octanol–water partition coefficient (Wildman–Crippen LogP) is -0.599. The fourth-order valence-corrected chi connectivity index (χ4v) is 4.74. The Hall–Kier alpha value is -4.18. The third kappa shape index (κ3) is 11.4. The molecule has 13 heteroatoms. The van der Waals surface area contributed by atoms with Crippen molar-refractivity contribution in [2.45, 2.75) is 82.5 Å². The van der Waals surface area contributed by atoms with Gasteiger partial charge in [-0.2, -0.15) is 5.26 Å². The molecule has 1 fully saturated rings. The van der Waals surface area contributed by atoms with Crippen LogP contribution in [0.1, 0.15) is 57.4 Å². The van der Waals surface area contributed by atoms with Gasteiger partial charge in [-0.1, -0.05) is 30.3 Å². The molecule has 13 nitrogen and oxygen atoms in total. The molecule has 4 amide bonds. The first-order chi connectivity index (χ1) is 19.7. The van der Waals surface area contributed by atoms with Crippen LogP contribution in [0.25, 0.3) is 0 Å². The zero-order valence-electron chi connectivity index (χ0n) is 23.7. The van der Waals surface area contributed by atoms with Crippen molar-refractivity contribution < 1.29 is 19.2 Å². The van der Waals surface area contributed by atoms with Crippen LogP contribution in [0.4, 0.5) is 0 Å². The van der Waals surface area contributed by atoms with Crippen molar-refractivity contribution in [3.63, 3.8) is 0 Å². The molecule has 0 aromatic heterocycles. The first-order valence-electron chi connectivity index (χ1n) is 14.0. The lowest BCUT2D eigenvalue weighted by molar-refractivity contribution is -0.138. The lowest BCUT2D eigenvalue weighted by Crippen LogP contribution is -2.57. The average Bonchev–Trinajstić information content (AvgIpc) is 3.42. The summed E-state index contributed by atoms with van der Waals surface area (Å²) in [5.41, 5.74) is 17.2. The van der Waals surface area contributed by atoms with Crippen molar-refractivity contribution in [3.05, 3.63) is 35.9 Å². The molecular formula is C28H43N9O4. The summed E-state index contributed by atoms with van der Waals surface area (Å²) in [7, 11) is 0. The molecule has 1 aromatic carbocycles. The standard InChI is InChI=1S/C28H43N9O4/c1-19(38)34-22(12-5-6-14-29)25(39)36-24(17-20-9-3-2-4-10-20)26(40)35-23(13-7-15-33-28(31)32)27(41)37-16-8-11-21(37)18-30/h2-4,9-10,21-24H,5-8,11-17,29H2,1H3,(H,34,38)(H,35,40)(H,36,39)(H4,31,32,33)/t21?,22-,23-,24-/m0/s1. The van der Waals surface area contributed by atoms with Crippen LogP contribution in [0.5, 0.6) is 0 Å². The molecular weight excluding hydrogens is 526 g/mol. The molecule has 1 aromatic rings. The Balaban J connectivity index is 2.27. The Morgan fingerprint density at radius 1 is 1.00 bits per heavy atom. The van der Waals surface area contributed by atoms with Gasteiger partial charge >= 0.3 is 0 Å². The van der Waals surface area contributed by atoms with Crippen LogP contribution >= 0.6 is 0 Å². The van der Waals surface area contributed by atoms with Gasteiger partial charge in [-0.15, -0.1) is 0 Å². The lowest BCUT2D eigenvalue weighted by atomic mass is 10.0. The molecule has 1 aliphatic rings. The zero-order chi connectivity index (χ0) is 30.2. The normalized spacial score (nSPS) is 16.5. The number of benzene rings is 1. The predicted molar refractivity (Wildman–Crippen MR) is 155 cm³/mol. The van der Waals surface area contributed by atoms with E-state index in [2.05, 4.69) is 27.0 Å². The van der Waals surface area contributed by atoms with Crippen molar-refractivity contribution in [2.75, 3.05) is 19.6 Å². The number of nitrogens with one attached hydrogen (secondary N) is 3. The fourth-order valence-electron chi connectivity index (χ4n) is 4.74. The number of nitrogens with two attached hydrogens (primary N) is 3. The summed E-state index contributed by atoms with van der Waals surface area (Å²) in [6.45, 7) is 2.45. The maximum atomic E-state index is 13.7. The molecule has 0 aliphatic carbocycles. The van der Waals surface area contributed by atoms with E-state index in [-0.39, 0.29) is 37.2 Å². The molecule has 0 bridgehead atoms. The number of carbonyl (C=O) groups is 4. The van der Waals surface area contributed by atoms with E-state index < -0.39 is 36.0 Å². The lowest BCUT2D eigenvalue weighted by Gasteiger charge is -2.28. The van der Waals surface area contributed by atoms with E-state index in [1.54, 1.807) is 0 Å². The highest BCUT2D eigenvalue weighted by atomic mass is 16.2. The van der Waals surface area contributed by atoms with Gasteiger partial charge in [0.1, 0.15) is 24.2 Å². The van der Waals surface area contributed by atoms with Crippen molar-refractivity contribution in [2.24, 2.45) is 22.2 Å². The number of hydrogen-bond acceptors (Lipinski definition) is 7. The van der Waals surface area contributed by atoms with E-state index in [0.29, 0.717) is 51.6 Å². The summed E-state index contributed by atoms with van der Waals surface area (Å²) in [6.07, 6.45) is 3.72. The van der Waals surface area contributed by atoms with Gasteiger partial charge < -0.3 is 38.1 Å². The van der Waals surface area contributed by atoms with Crippen LogP contribution in [0.2, 0.25) is 0 Å². The second-order valence-electron chi connectivity index (χ2n) is 10.1. The molecule has 224 valence electrons. The number of nitriles is 1. The van der Waals surface area contributed by atoms with Crippen LogP contribution in [-0.4, -0.2) is 78.3 Å². The monoisotopic (exact) mass is 569 g/mol. The molecule has 0 radical (unpaired) electrons. The van der Waals surface area contributed by atoms with Crippen molar-refractivity contribution in [1.82, 2.24) is 20.9 Å².